The Bertz CT molecular complexity index is 1060. The Morgan fingerprint density at radius 2 is 2.03 bits per heavy atom. The van der Waals surface area contributed by atoms with E-state index in [1.54, 1.807) is 11.0 Å². The number of likely N-dealkylation sites (tertiary alicyclic amines) is 1. The predicted molar refractivity (Wildman–Crippen MR) is 133 cm³/mol. The molecule has 0 aromatic heterocycles. The Morgan fingerprint density at radius 3 is 2.70 bits per heavy atom. The molecule has 2 aromatic carbocycles. The molecule has 2 unspecified atom stereocenters. The number of ether oxygens (including phenoxy) is 1. The molecule has 4 nitrogen and oxygen atoms in total. The minimum atomic E-state index is -0.461. The fourth-order valence-corrected chi connectivity index (χ4v) is 4.87. The van der Waals surface area contributed by atoms with Gasteiger partial charge < -0.3 is 15.0 Å². The van der Waals surface area contributed by atoms with E-state index < -0.39 is 5.82 Å². The summed E-state index contributed by atoms with van der Waals surface area (Å²) >= 11 is 2.06. The fourth-order valence-electron chi connectivity index (χ4n) is 4.42. The van der Waals surface area contributed by atoms with Crippen molar-refractivity contribution in [2.24, 2.45) is 11.8 Å². The lowest BCUT2D eigenvalue weighted by atomic mass is 9.89. The summed E-state index contributed by atoms with van der Waals surface area (Å²) in [5.74, 6) is 0.0462. The fraction of sp³-hybridized carbons (Fsp3) is 0.423. The van der Waals surface area contributed by atoms with Gasteiger partial charge >= 0.3 is 0 Å². The second kappa shape index (κ2) is 10.5. The summed E-state index contributed by atoms with van der Waals surface area (Å²) in [5.41, 5.74) is 2.17. The Labute approximate surface area is 207 Å². The van der Waals surface area contributed by atoms with Crippen LogP contribution in [0, 0.1) is 27.0 Å². The topological polar surface area (TPSA) is 41.6 Å². The molecule has 0 bridgehead atoms. The largest absolute Gasteiger partial charge is 0.492 e. The van der Waals surface area contributed by atoms with Gasteiger partial charge in [0.15, 0.2) is 0 Å². The lowest BCUT2D eigenvalue weighted by molar-refractivity contribution is 0.0736. The number of benzene rings is 2. The average molecular weight is 566 g/mol. The molecule has 4 rings (SSSR count). The molecule has 2 atom stereocenters. The summed E-state index contributed by atoms with van der Waals surface area (Å²) in [7, 11) is 0. The number of amides is 1. The summed E-state index contributed by atoms with van der Waals surface area (Å²) in [6.07, 6.45) is 2.51. The monoisotopic (exact) mass is 566 g/mol. The van der Waals surface area contributed by atoms with E-state index in [1.807, 2.05) is 6.07 Å². The Hall–Kier alpha value is -2.00. The molecular weight excluding hydrogens is 537 g/mol. The number of hydrogen-bond acceptors (Lipinski definition) is 3. The van der Waals surface area contributed by atoms with Crippen LogP contribution in [0.4, 0.5) is 8.78 Å². The van der Waals surface area contributed by atoms with Gasteiger partial charge in [-0.3, -0.25) is 4.79 Å². The lowest BCUT2D eigenvalue weighted by Crippen LogP contribution is -2.40. The molecule has 2 aromatic rings. The highest BCUT2D eigenvalue weighted by Gasteiger charge is 2.31. The second-order valence-electron chi connectivity index (χ2n) is 8.99. The van der Waals surface area contributed by atoms with Gasteiger partial charge in [0, 0.05) is 40.8 Å². The van der Waals surface area contributed by atoms with Crippen molar-refractivity contribution in [2.45, 2.75) is 32.6 Å². The van der Waals surface area contributed by atoms with E-state index in [0.29, 0.717) is 48.6 Å². The van der Waals surface area contributed by atoms with Crippen LogP contribution in [0.15, 0.2) is 42.6 Å². The van der Waals surface area contributed by atoms with Gasteiger partial charge in [0.05, 0.1) is 12.2 Å². The third kappa shape index (κ3) is 5.57. The van der Waals surface area contributed by atoms with Crippen molar-refractivity contribution in [2.75, 3.05) is 26.2 Å². The number of halogens is 3. The van der Waals surface area contributed by atoms with Gasteiger partial charge in [0.2, 0.25) is 0 Å². The first kappa shape index (κ1) is 24.1. The molecule has 1 amide bonds. The molecule has 0 radical (unpaired) electrons. The lowest BCUT2D eigenvalue weighted by Gasteiger charge is -2.35. The molecule has 2 heterocycles. The zero-order valence-electron chi connectivity index (χ0n) is 18.8. The summed E-state index contributed by atoms with van der Waals surface area (Å²) < 4.78 is 35.9. The van der Waals surface area contributed by atoms with Gasteiger partial charge in [-0.1, -0.05) is 19.6 Å². The van der Waals surface area contributed by atoms with Crippen LogP contribution in [0.2, 0.25) is 0 Å². The zero-order chi connectivity index (χ0) is 23.5. The standard InChI is InChI=1S/C26H29F2IN2O2/c1-16-7-9-30-14-20(16)15-33-24-12-21(27)11-19(25(24)26(32)31-10-8-17(31)2)4-3-18-5-6-22(29)13-23(18)28/h5-6,11-13,16,20,30H,2-4,7-10,14-15H2,1H3. The first-order valence-electron chi connectivity index (χ1n) is 11.4. The predicted octanol–water partition coefficient (Wildman–Crippen LogP) is 5.34. The Kier molecular flexibility index (Phi) is 7.69. The first-order chi connectivity index (χ1) is 15.8. The van der Waals surface area contributed by atoms with Crippen molar-refractivity contribution in [3.63, 3.8) is 0 Å². The molecule has 2 saturated heterocycles. The van der Waals surface area contributed by atoms with E-state index in [0.717, 1.165) is 35.2 Å². The number of nitrogens with one attached hydrogen (secondary N) is 1. The van der Waals surface area contributed by atoms with Crippen LogP contribution in [0.1, 0.15) is 41.3 Å². The highest BCUT2D eigenvalue weighted by molar-refractivity contribution is 14.1. The van der Waals surface area contributed by atoms with E-state index in [1.165, 1.54) is 18.2 Å². The number of hydrogen-bond donors (Lipinski definition) is 1. The maximum Gasteiger partial charge on any atom is 0.262 e. The third-order valence-electron chi connectivity index (χ3n) is 6.73. The molecule has 0 spiro atoms. The minimum absolute atomic E-state index is 0.228. The highest BCUT2D eigenvalue weighted by Crippen LogP contribution is 2.32. The summed E-state index contributed by atoms with van der Waals surface area (Å²) in [6, 6.07) is 7.73. The average Bonchev–Trinajstić information content (AvgIpc) is 2.76. The molecule has 2 aliphatic heterocycles. The molecule has 2 fully saturated rings. The third-order valence-corrected chi connectivity index (χ3v) is 7.40. The zero-order valence-corrected chi connectivity index (χ0v) is 21.0. The van der Waals surface area contributed by atoms with Crippen molar-refractivity contribution in [1.29, 1.82) is 0 Å². The highest BCUT2D eigenvalue weighted by atomic mass is 127. The van der Waals surface area contributed by atoms with Gasteiger partial charge in [-0.05, 0) is 83.6 Å². The van der Waals surface area contributed by atoms with Crippen LogP contribution in [0.5, 0.6) is 5.75 Å². The van der Waals surface area contributed by atoms with Crippen molar-refractivity contribution < 1.29 is 18.3 Å². The maximum atomic E-state index is 14.6. The van der Waals surface area contributed by atoms with Gasteiger partial charge in [-0.25, -0.2) is 8.78 Å². The molecular formula is C26H29F2IN2O2. The molecule has 0 aliphatic carbocycles. The molecule has 7 heteroatoms. The van der Waals surface area contributed by atoms with Gasteiger partial charge in [-0.2, -0.15) is 0 Å². The Balaban J connectivity index is 1.62. The maximum absolute atomic E-state index is 14.6. The number of carbonyl (C=O) groups excluding carboxylic acids is 1. The SMILES string of the molecule is C=C1CCN1C(=O)c1c(CCc2ccc(I)cc2F)cc(F)cc1OCC1CNCCC1C. The first-order valence-corrected chi connectivity index (χ1v) is 12.5. The van der Waals surface area contributed by atoms with Gasteiger partial charge in [0.25, 0.3) is 5.91 Å². The van der Waals surface area contributed by atoms with Crippen LogP contribution < -0.4 is 10.1 Å². The summed E-state index contributed by atoms with van der Waals surface area (Å²) in [6.45, 7) is 8.94. The van der Waals surface area contributed by atoms with E-state index in [2.05, 4.69) is 41.4 Å². The molecule has 176 valence electrons. The van der Waals surface area contributed by atoms with Crippen molar-refractivity contribution in [3.8, 4) is 5.75 Å². The van der Waals surface area contributed by atoms with Crippen LogP contribution in [0.3, 0.4) is 0 Å². The molecule has 0 saturated carbocycles. The van der Waals surface area contributed by atoms with Crippen molar-refractivity contribution >= 4 is 28.5 Å². The van der Waals surface area contributed by atoms with Gasteiger partial charge in [0.1, 0.15) is 17.4 Å². The molecule has 1 N–H and O–H groups in total. The van der Waals surface area contributed by atoms with Gasteiger partial charge in [-0.15, -0.1) is 0 Å². The number of carbonyl (C=O) groups is 1. The van der Waals surface area contributed by atoms with Crippen LogP contribution in [-0.4, -0.2) is 37.0 Å². The van der Waals surface area contributed by atoms with Crippen LogP contribution in [0.25, 0.3) is 0 Å². The summed E-state index contributed by atoms with van der Waals surface area (Å²) in [5, 5.41) is 3.37. The molecule has 33 heavy (non-hydrogen) atoms. The van der Waals surface area contributed by atoms with Crippen LogP contribution >= 0.6 is 22.6 Å². The minimum Gasteiger partial charge on any atom is -0.492 e. The second-order valence-corrected chi connectivity index (χ2v) is 10.2. The number of nitrogens with zero attached hydrogens (tertiary/aromatic N) is 1. The van der Waals surface area contributed by atoms with Crippen LogP contribution in [-0.2, 0) is 12.8 Å². The van der Waals surface area contributed by atoms with E-state index >= 15 is 0 Å². The number of aryl methyl sites for hydroxylation is 2. The normalized spacial score (nSPS) is 20.5. The summed E-state index contributed by atoms with van der Waals surface area (Å²) in [4.78, 5) is 15.0. The smallest absolute Gasteiger partial charge is 0.262 e. The number of rotatable bonds is 7. The number of piperidine rings is 1. The van der Waals surface area contributed by atoms with E-state index in [-0.39, 0.29) is 23.4 Å². The van der Waals surface area contributed by atoms with Crippen molar-refractivity contribution in [3.05, 3.63) is 74.5 Å². The Morgan fingerprint density at radius 1 is 1.24 bits per heavy atom. The van der Waals surface area contributed by atoms with E-state index in [9.17, 15) is 13.6 Å². The molecule has 2 aliphatic rings. The van der Waals surface area contributed by atoms with Crippen molar-refractivity contribution in [1.82, 2.24) is 10.2 Å². The van der Waals surface area contributed by atoms with E-state index in [4.69, 9.17) is 4.74 Å². The quantitative estimate of drug-likeness (QED) is 0.461.